The van der Waals surface area contributed by atoms with Crippen LogP contribution in [-0.2, 0) is 20.9 Å². The lowest BCUT2D eigenvalue weighted by Crippen LogP contribution is -2.46. The maximum atomic E-state index is 12.8. The first-order valence-corrected chi connectivity index (χ1v) is 8.85. The van der Waals surface area contributed by atoms with Crippen LogP contribution in [0.1, 0.15) is 56.0 Å². The summed E-state index contributed by atoms with van der Waals surface area (Å²) in [4.78, 5) is 49.2. The van der Waals surface area contributed by atoms with E-state index < -0.39 is 11.9 Å². The molecule has 0 radical (unpaired) electrons. The van der Waals surface area contributed by atoms with E-state index in [4.69, 9.17) is 0 Å². The zero-order valence-electron chi connectivity index (χ0n) is 15.4. The summed E-state index contributed by atoms with van der Waals surface area (Å²) in [5, 5.41) is 5.01. The number of carbonyl (C=O) groups excluding carboxylic acids is 4. The maximum absolute atomic E-state index is 12.8. The molecule has 1 aliphatic rings. The second kappa shape index (κ2) is 8.60. The second-order valence-electron chi connectivity index (χ2n) is 6.84. The van der Waals surface area contributed by atoms with E-state index in [1.807, 2.05) is 20.8 Å². The molecule has 0 aliphatic carbocycles. The third-order valence-corrected chi connectivity index (χ3v) is 4.31. The van der Waals surface area contributed by atoms with Gasteiger partial charge in [-0.25, -0.2) is 0 Å². The van der Waals surface area contributed by atoms with Gasteiger partial charge in [-0.05, 0) is 24.5 Å². The molecule has 4 amide bonds. The number of fused-ring (bicyclic) bond motifs is 1. The van der Waals surface area contributed by atoms with Crippen molar-refractivity contribution in [2.45, 2.75) is 52.6 Å². The average Bonchev–Trinajstić information content (AvgIpc) is 2.90. The van der Waals surface area contributed by atoms with E-state index >= 15 is 0 Å². The number of amides is 4. The lowest BCUT2D eigenvalue weighted by atomic mass is 10.1. The van der Waals surface area contributed by atoms with Crippen molar-refractivity contribution >= 4 is 29.8 Å². The molecule has 0 fully saturated rings. The van der Waals surface area contributed by atoms with Gasteiger partial charge < -0.3 is 10.2 Å². The molecule has 0 bridgehead atoms. The van der Waals surface area contributed by atoms with Gasteiger partial charge in [0.15, 0.2) is 0 Å². The normalized spacial score (nSPS) is 14.2. The van der Waals surface area contributed by atoms with Gasteiger partial charge in [0, 0.05) is 29.8 Å². The van der Waals surface area contributed by atoms with Gasteiger partial charge in [-0.2, -0.15) is 0 Å². The number of anilines is 1. The lowest BCUT2D eigenvalue weighted by molar-refractivity contribution is -0.129. The highest BCUT2D eigenvalue weighted by Gasteiger charge is 2.37. The molecule has 2 rings (SSSR count). The van der Waals surface area contributed by atoms with Gasteiger partial charge in [-0.15, -0.1) is 0 Å². The second-order valence-corrected chi connectivity index (χ2v) is 6.84. The molecule has 1 aromatic rings. The summed E-state index contributed by atoms with van der Waals surface area (Å²) in [5.41, 5.74) is 1.78. The number of rotatable bonds is 8. The Labute approximate surface area is 153 Å². The molecule has 26 heavy (non-hydrogen) atoms. The highest BCUT2D eigenvalue weighted by Crippen LogP contribution is 2.31. The molecule has 2 N–H and O–H groups in total. The summed E-state index contributed by atoms with van der Waals surface area (Å²) >= 11 is 0. The summed E-state index contributed by atoms with van der Waals surface area (Å²) in [7, 11) is 0. The number of nitrogens with one attached hydrogen (secondary N) is 2. The number of carbonyl (C=O) groups is 4. The van der Waals surface area contributed by atoms with Gasteiger partial charge in [0.1, 0.15) is 6.04 Å². The Morgan fingerprint density at radius 2 is 2.04 bits per heavy atom. The third kappa shape index (κ3) is 4.28. The Hall–Kier alpha value is -2.70. The summed E-state index contributed by atoms with van der Waals surface area (Å²) in [6.45, 7) is 6.05. The van der Waals surface area contributed by atoms with Gasteiger partial charge in [-0.3, -0.25) is 24.5 Å². The van der Waals surface area contributed by atoms with Crippen molar-refractivity contribution in [1.82, 2.24) is 10.2 Å². The van der Waals surface area contributed by atoms with Crippen LogP contribution in [0.4, 0.5) is 5.69 Å². The quantitative estimate of drug-likeness (QED) is 0.695. The molecular formula is C19H25N3O4. The van der Waals surface area contributed by atoms with Crippen LogP contribution < -0.4 is 10.6 Å². The van der Waals surface area contributed by atoms with E-state index in [9.17, 15) is 19.2 Å². The van der Waals surface area contributed by atoms with Gasteiger partial charge in [0.05, 0.1) is 0 Å². The van der Waals surface area contributed by atoms with Crippen LogP contribution in [0, 0.1) is 5.92 Å². The fraction of sp³-hybridized carbons (Fsp3) is 0.474. The molecule has 1 aliphatic heterocycles. The van der Waals surface area contributed by atoms with Crippen LogP contribution in [0.5, 0.6) is 0 Å². The SMILES string of the molecule is CCCC(C(=O)NC=O)N1Cc2c(NC(=O)CC(C)C)cccc2C1=O. The molecule has 1 unspecified atom stereocenters. The van der Waals surface area contributed by atoms with Crippen molar-refractivity contribution in [1.29, 1.82) is 0 Å². The van der Waals surface area contributed by atoms with E-state index in [1.165, 1.54) is 4.90 Å². The van der Waals surface area contributed by atoms with Crippen molar-refractivity contribution in [2.24, 2.45) is 5.92 Å². The van der Waals surface area contributed by atoms with Crippen LogP contribution in [-0.4, -0.2) is 35.1 Å². The molecule has 1 atom stereocenters. The van der Waals surface area contributed by atoms with E-state index in [2.05, 4.69) is 10.6 Å². The van der Waals surface area contributed by atoms with Gasteiger partial charge in [0.2, 0.25) is 18.2 Å². The van der Waals surface area contributed by atoms with Crippen LogP contribution in [0.25, 0.3) is 0 Å². The fourth-order valence-corrected chi connectivity index (χ4v) is 3.15. The standard InChI is InChI=1S/C19H25N3O4/c1-4-6-16(18(25)20-11-23)22-10-14-13(19(22)26)7-5-8-15(14)21-17(24)9-12(2)3/h5,7-8,11-12,16H,4,6,9-10H2,1-3H3,(H,21,24)(H,20,23,25). The van der Waals surface area contributed by atoms with Crippen molar-refractivity contribution in [3.63, 3.8) is 0 Å². The number of nitrogens with zero attached hydrogens (tertiary/aromatic N) is 1. The summed E-state index contributed by atoms with van der Waals surface area (Å²) in [5.74, 6) is -0.637. The molecule has 0 saturated carbocycles. The smallest absolute Gasteiger partial charge is 0.255 e. The van der Waals surface area contributed by atoms with Crippen molar-refractivity contribution in [2.75, 3.05) is 5.32 Å². The maximum Gasteiger partial charge on any atom is 0.255 e. The van der Waals surface area contributed by atoms with E-state index in [1.54, 1.807) is 18.2 Å². The first kappa shape index (κ1) is 19.6. The predicted molar refractivity (Wildman–Crippen MR) is 97.3 cm³/mol. The lowest BCUT2D eigenvalue weighted by Gasteiger charge is -2.25. The molecule has 1 heterocycles. The van der Waals surface area contributed by atoms with Gasteiger partial charge >= 0.3 is 0 Å². The Kier molecular flexibility index (Phi) is 6.49. The summed E-state index contributed by atoms with van der Waals surface area (Å²) < 4.78 is 0. The van der Waals surface area contributed by atoms with Gasteiger partial charge in [0.25, 0.3) is 5.91 Å². The van der Waals surface area contributed by atoms with Gasteiger partial charge in [-0.1, -0.05) is 33.3 Å². The largest absolute Gasteiger partial charge is 0.326 e. The van der Waals surface area contributed by atoms with Crippen LogP contribution in [0.15, 0.2) is 18.2 Å². The molecule has 140 valence electrons. The van der Waals surface area contributed by atoms with Crippen molar-refractivity contribution < 1.29 is 19.2 Å². The number of benzene rings is 1. The molecule has 7 nitrogen and oxygen atoms in total. The number of imide groups is 1. The summed E-state index contributed by atoms with van der Waals surface area (Å²) in [6.07, 6.45) is 1.86. The number of hydrogen-bond donors (Lipinski definition) is 2. The molecule has 0 saturated heterocycles. The molecular weight excluding hydrogens is 334 g/mol. The Morgan fingerprint density at radius 1 is 1.31 bits per heavy atom. The Balaban J connectivity index is 2.26. The predicted octanol–water partition coefficient (Wildman–Crippen LogP) is 2.07. The number of hydrogen-bond acceptors (Lipinski definition) is 4. The minimum absolute atomic E-state index is 0.108. The highest BCUT2D eigenvalue weighted by atomic mass is 16.2. The van der Waals surface area contributed by atoms with E-state index in [0.717, 1.165) is 0 Å². The third-order valence-electron chi connectivity index (χ3n) is 4.31. The zero-order valence-corrected chi connectivity index (χ0v) is 15.4. The molecule has 1 aromatic carbocycles. The first-order valence-electron chi connectivity index (χ1n) is 8.85. The van der Waals surface area contributed by atoms with Crippen LogP contribution >= 0.6 is 0 Å². The van der Waals surface area contributed by atoms with E-state index in [0.29, 0.717) is 42.5 Å². The van der Waals surface area contributed by atoms with Crippen LogP contribution in [0.3, 0.4) is 0 Å². The zero-order chi connectivity index (χ0) is 19.3. The first-order chi connectivity index (χ1) is 12.4. The van der Waals surface area contributed by atoms with Crippen LogP contribution in [0.2, 0.25) is 0 Å². The highest BCUT2D eigenvalue weighted by molar-refractivity contribution is 6.04. The van der Waals surface area contributed by atoms with Crippen molar-refractivity contribution in [3.05, 3.63) is 29.3 Å². The average molecular weight is 359 g/mol. The minimum Gasteiger partial charge on any atom is -0.326 e. The summed E-state index contributed by atoms with van der Waals surface area (Å²) in [6, 6.07) is 4.44. The molecule has 0 spiro atoms. The topological polar surface area (TPSA) is 95.6 Å². The molecule has 7 heteroatoms. The monoisotopic (exact) mass is 359 g/mol. The Morgan fingerprint density at radius 3 is 2.65 bits per heavy atom. The van der Waals surface area contributed by atoms with Crippen molar-refractivity contribution in [3.8, 4) is 0 Å². The fourth-order valence-electron chi connectivity index (χ4n) is 3.15. The van der Waals surface area contributed by atoms with E-state index in [-0.39, 0.29) is 24.3 Å². The molecule has 0 aromatic heterocycles. The minimum atomic E-state index is -0.718. The Bertz CT molecular complexity index is 715.